The van der Waals surface area contributed by atoms with Crippen LogP contribution in [0.3, 0.4) is 0 Å². The van der Waals surface area contributed by atoms with Gasteiger partial charge in [0, 0.05) is 12.5 Å². The van der Waals surface area contributed by atoms with Crippen molar-refractivity contribution in [3.63, 3.8) is 0 Å². The van der Waals surface area contributed by atoms with Crippen LogP contribution in [0.5, 0.6) is 5.75 Å². The van der Waals surface area contributed by atoms with E-state index in [-0.39, 0.29) is 22.4 Å². The Morgan fingerprint density at radius 1 is 1.20 bits per heavy atom. The maximum atomic E-state index is 12.3. The first-order valence-electron chi connectivity index (χ1n) is 5.91. The molecule has 0 N–H and O–H groups in total. The highest BCUT2D eigenvalue weighted by molar-refractivity contribution is 7.96. The molecule has 20 heavy (non-hydrogen) atoms. The molecule has 0 radical (unpaired) electrons. The number of methoxy groups -OCH3 is 1. The molecule has 5 nitrogen and oxygen atoms in total. The summed E-state index contributed by atoms with van der Waals surface area (Å²) < 4.78 is 5.04. The van der Waals surface area contributed by atoms with E-state index in [1.807, 2.05) is 12.5 Å². The Hall–Kier alpha value is -1.82. The van der Waals surface area contributed by atoms with Crippen LogP contribution >= 0.6 is 0 Å². The number of carbonyl (C=O) groups is 2. The molecule has 0 aliphatic carbocycles. The molecular weight excluding hydrogens is 278 g/mol. The summed E-state index contributed by atoms with van der Waals surface area (Å²) in [5.74, 6) is 0.357. The minimum atomic E-state index is -0.544. The molecule has 1 rings (SSSR count). The van der Waals surface area contributed by atoms with Crippen molar-refractivity contribution >= 4 is 28.4 Å². The van der Waals surface area contributed by atoms with Gasteiger partial charge in [-0.25, -0.2) is 4.79 Å². The van der Waals surface area contributed by atoms with Crippen LogP contribution in [0.15, 0.2) is 29.4 Å². The first-order chi connectivity index (χ1) is 9.43. The highest BCUT2D eigenvalue weighted by Gasteiger charge is 2.21. The molecule has 0 unspecified atom stereocenters. The van der Waals surface area contributed by atoms with Crippen molar-refractivity contribution in [2.24, 2.45) is 5.16 Å². The molecule has 0 amide bonds. The van der Waals surface area contributed by atoms with E-state index in [2.05, 4.69) is 9.99 Å². The summed E-state index contributed by atoms with van der Waals surface area (Å²) in [6, 6.07) is 6.73. The van der Waals surface area contributed by atoms with Gasteiger partial charge >= 0.3 is 5.97 Å². The Morgan fingerprint density at radius 2 is 1.80 bits per heavy atom. The maximum Gasteiger partial charge on any atom is 0.331 e. The third-order valence-corrected chi connectivity index (χ3v) is 3.17. The first kappa shape index (κ1) is 16.2. The van der Waals surface area contributed by atoms with Crippen LogP contribution < -0.4 is 4.74 Å². The second-order valence-corrected chi connectivity index (χ2v) is 6.57. The predicted octanol–water partition coefficient (Wildman–Crippen LogP) is 1.67. The summed E-state index contributed by atoms with van der Waals surface area (Å²) in [6.07, 6.45) is 3.98. The molecule has 0 bridgehead atoms. The van der Waals surface area contributed by atoms with E-state index in [4.69, 9.17) is 4.74 Å². The van der Waals surface area contributed by atoms with Crippen molar-refractivity contribution in [3.8, 4) is 5.75 Å². The van der Waals surface area contributed by atoms with E-state index in [1.54, 1.807) is 31.4 Å². The zero-order valence-corrected chi connectivity index (χ0v) is 12.8. The highest BCUT2D eigenvalue weighted by atomic mass is 32.2. The lowest BCUT2D eigenvalue weighted by Gasteiger charge is -2.04. The fraction of sp³-hybridized carbons (Fsp3) is 0.357. The molecule has 108 valence electrons. The van der Waals surface area contributed by atoms with Crippen LogP contribution in [0.25, 0.3) is 0 Å². The van der Waals surface area contributed by atoms with Gasteiger partial charge < -0.3 is 9.57 Å². The number of hydrogen-bond acceptors (Lipinski definition) is 5. The summed E-state index contributed by atoms with van der Waals surface area (Å²) in [5, 5.41) is 3.68. The third-order valence-electron chi connectivity index (χ3n) is 2.32. The van der Waals surface area contributed by atoms with Gasteiger partial charge in [0.1, 0.15) is 5.75 Å². The fourth-order valence-corrected chi connectivity index (χ4v) is 2.17. The molecule has 1 aromatic carbocycles. The maximum absolute atomic E-state index is 12.3. The minimum absolute atomic E-state index is 0.0283. The van der Waals surface area contributed by atoms with Crippen molar-refractivity contribution in [1.29, 1.82) is 0 Å². The standard InChI is InChI=1S/C14H18NO4S/c1-10(16)19-15-13(9-20(3)4)14(17)11-5-7-12(18-2)8-6-11/h5-8H,9H2,1-4H3/q+1. The van der Waals surface area contributed by atoms with Gasteiger partial charge in [0.15, 0.2) is 11.5 Å². The first-order valence-corrected chi connectivity index (χ1v) is 8.12. The average Bonchev–Trinajstić information content (AvgIpc) is 2.42. The van der Waals surface area contributed by atoms with Crippen LogP contribution in [0, 0.1) is 0 Å². The second kappa shape index (κ2) is 7.69. The Morgan fingerprint density at radius 3 is 2.25 bits per heavy atom. The highest BCUT2D eigenvalue weighted by Crippen LogP contribution is 2.12. The van der Waals surface area contributed by atoms with E-state index in [1.165, 1.54) is 6.92 Å². The molecule has 0 aromatic heterocycles. The van der Waals surface area contributed by atoms with Gasteiger partial charge in [-0.2, -0.15) is 0 Å². The largest absolute Gasteiger partial charge is 0.497 e. The molecule has 0 fully saturated rings. The number of hydrogen-bond donors (Lipinski definition) is 0. The number of nitrogens with zero attached hydrogens (tertiary/aromatic N) is 1. The summed E-state index contributed by atoms with van der Waals surface area (Å²) in [6.45, 7) is 1.25. The van der Waals surface area contributed by atoms with Gasteiger partial charge in [-0.05, 0) is 35.2 Å². The van der Waals surface area contributed by atoms with Crippen molar-refractivity contribution in [3.05, 3.63) is 29.8 Å². The molecule has 0 aliphatic heterocycles. The summed E-state index contributed by atoms with van der Waals surface area (Å²) in [4.78, 5) is 27.8. The summed E-state index contributed by atoms with van der Waals surface area (Å²) in [5.41, 5.74) is 0.737. The molecular formula is C14H18NO4S+. The van der Waals surface area contributed by atoms with Gasteiger partial charge in [0.2, 0.25) is 5.78 Å². The average molecular weight is 296 g/mol. The Labute approximate surface area is 121 Å². The van der Waals surface area contributed by atoms with Gasteiger partial charge in [-0.3, -0.25) is 4.79 Å². The SMILES string of the molecule is COc1ccc(C(=O)C(C[S+](C)C)=NOC(C)=O)cc1. The van der Waals surface area contributed by atoms with Crippen molar-refractivity contribution in [1.82, 2.24) is 0 Å². The lowest BCUT2D eigenvalue weighted by atomic mass is 10.1. The lowest BCUT2D eigenvalue weighted by Crippen LogP contribution is -2.24. The molecule has 6 heteroatoms. The van der Waals surface area contributed by atoms with Crippen LogP contribution in [-0.4, -0.2) is 42.8 Å². The van der Waals surface area contributed by atoms with Crippen LogP contribution in [0.2, 0.25) is 0 Å². The number of rotatable bonds is 6. The van der Waals surface area contributed by atoms with Gasteiger partial charge in [0.05, 0.1) is 19.6 Å². The van der Waals surface area contributed by atoms with E-state index >= 15 is 0 Å². The number of carbonyl (C=O) groups excluding carboxylic acids is 2. The van der Waals surface area contributed by atoms with Crippen molar-refractivity contribution in [2.75, 3.05) is 25.4 Å². The fourth-order valence-electron chi connectivity index (χ4n) is 1.44. The van der Waals surface area contributed by atoms with Gasteiger partial charge in [0.25, 0.3) is 0 Å². The molecule has 0 saturated heterocycles. The number of oxime groups is 1. The second-order valence-electron chi connectivity index (χ2n) is 4.31. The van der Waals surface area contributed by atoms with Crippen molar-refractivity contribution in [2.45, 2.75) is 6.92 Å². The quantitative estimate of drug-likeness (QED) is 0.263. The van der Waals surface area contributed by atoms with E-state index in [9.17, 15) is 9.59 Å². The number of benzene rings is 1. The van der Waals surface area contributed by atoms with E-state index < -0.39 is 5.97 Å². The van der Waals surface area contributed by atoms with Gasteiger partial charge in [-0.15, -0.1) is 0 Å². The van der Waals surface area contributed by atoms with E-state index in [0.29, 0.717) is 17.1 Å². The molecule has 0 heterocycles. The number of ketones is 1. The van der Waals surface area contributed by atoms with Crippen molar-refractivity contribution < 1.29 is 19.2 Å². The Kier molecular flexibility index (Phi) is 6.24. The zero-order chi connectivity index (χ0) is 15.1. The van der Waals surface area contributed by atoms with Crippen LogP contribution in [-0.2, 0) is 20.5 Å². The molecule has 1 aromatic rings. The van der Waals surface area contributed by atoms with E-state index in [0.717, 1.165) is 0 Å². The number of Topliss-reactive ketones (excluding diaryl/α,β-unsaturated/α-hetero) is 1. The van der Waals surface area contributed by atoms with Crippen LogP contribution in [0.4, 0.5) is 0 Å². The Bertz CT molecular complexity index is 508. The minimum Gasteiger partial charge on any atom is -0.497 e. The zero-order valence-electron chi connectivity index (χ0n) is 12.0. The Balaban J connectivity index is 2.96. The normalized spacial score (nSPS) is 11.3. The summed E-state index contributed by atoms with van der Waals surface area (Å²) >= 11 is 0. The lowest BCUT2D eigenvalue weighted by molar-refractivity contribution is -0.140. The smallest absolute Gasteiger partial charge is 0.331 e. The topological polar surface area (TPSA) is 65.0 Å². The number of ether oxygens (including phenoxy) is 1. The monoisotopic (exact) mass is 296 g/mol. The summed E-state index contributed by atoms with van der Waals surface area (Å²) in [7, 11) is 1.53. The third kappa shape index (κ3) is 5.05. The molecule has 0 spiro atoms. The molecule has 0 atom stereocenters. The molecule has 0 aliphatic rings. The predicted molar refractivity (Wildman–Crippen MR) is 80.6 cm³/mol. The molecule has 0 saturated carbocycles. The van der Waals surface area contributed by atoms with Gasteiger partial charge in [-0.1, -0.05) is 5.16 Å². The van der Waals surface area contributed by atoms with Crippen LogP contribution in [0.1, 0.15) is 17.3 Å².